The fourth-order valence-corrected chi connectivity index (χ4v) is 4.38. The van der Waals surface area contributed by atoms with E-state index in [0.29, 0.717) is 24.5 Å². The number of nitrogens with zero attached hydrogens (tertiary/aromatic N) is 1. The highest BCUT2D eigenvalue weighted by Crippen LogP contribution is 2.25. The molecule has 0 aliphatic carbocycles. The van der Waals surface area contributed by atoms with E-state index < -0.39 is 10.0 Å². The average Bonchev–Trinajstić information content (AvgIpc) is 3.18. The summed E-state index contributed by atoms with van der Waals surface area (Å²) in [6, 6.07) is 13.2. The van der Waals surface area contributed by atoms with E-state index in [-0.39, 0.29) is 16.4 Å². The zero-order valence-electron chi connectivity index (χ0n) is 13.9. The van der Waals surface area contributed by atoms with Gasteiger partial charge in [0.1, 0.15) is 5.75 Å². The first-order chi connectivity index (χ1) is 12.0. The lowest BCUT2D eigenvalue weighted by Gasteiger charge is -2.16. The second kappa shape index (κ2) is 7.25. The molecule has 132 valence electrons. The van der Waals surface area contributed by atoms with Gasteiger partial charge in [0, 0.05) is 18.7 Å². The maximum atomic E-state index is 12.6. The molecule has 0 unspecified atom stereocenters. The van der Waals surface area contributed by atoms with Crippen LogP contribution in [0.4, 0.5) is 5.69 Å². The molecule has 2 aromatic rings. The van der Waals surface area contributed by atoms with Crippen LogP contribution >= 0.6 is 0 Å². The third-order valence-electron chi connectivity index (χ3n) is 4.15. The quantitative estimate of drug-likeness (QED) is 0.890. The second-order valence-corrected chi connectivity index (χ2v) is 7.73. The normalized spacial score (nSPS) is 15.1. The van der Waals surface area contributed by atoms with E-state index in [1.165, 1.54) is 23.5 Å². The van der Waals surface area contributed by atoms with Gasteiger partial charge in [-0.15, -0.1) is 0 Å². The number of carbonyl (C=O) groups excluding carboxylic acids is 1. The average molecular weight is 360 g/mol. The number of carbonyl (C=O) groups is 1. The van der Waals surface area contributed by atoms with Gasteiger partial charge in [-0.25, -0.2) is 8.42 Å². The Morgan fingerprint density at radius 1 is 1.08 bits per heavy atom. The Morgan fingerprint density at radius 3 is 2.52 bits per heavy atom. The number of methoxy groups -OCH3 is 1. The van der Waals surface area contributed by atoms with E-state index in [9.17, 15) is 13.2 Å². The molecule has 1 saturated heterocycles. The van der Waals surface area contributed by atoms with Gasteiger partial charge in [-0.1, -0.05) is 18.2 Å². The number of anilines is 1. The van der Waals surface area contributed by atoms with Gasteiger partial charge in [0.15, 0.2) is 0 Å². The topological polar surface area (TPSA) is 75.7 Å². The smallest absolute Gasteiger partial charge is 0.255 e. The number of nitrogens with one attached hydrogen (secondary N) is 1. The molecule has 0 saturated carbocycles. The summed E-state index contributed by atoms with van der Waals surface area (Å²) < 4.78 is 32.0. The number of hydrogen-bond donors (Lipinski definition) is 1. The Labute approximate surface area is 147 Å². The lowest BCUT2D eigenvalue weighted by atomic mass is 10.2. The minimum Gasteiger partial charge on any atom is -0.495 e. The van der Waals surface area contributed by atoms with E-state index in [1.807, 2.05) is 0 Å². The largest absolute Gasteiger partial charge is 0.495 e. The molecular weight excluding hydrogens is 340 g/mol. The first kappa shape index (κ1) is 17.4. The van der Waals surface area contributed by atoms with Crippen molar-refractivity contribution < 1.29 is 17.9 Å². The van der Waals surface area contributed by atoms with E-state index in [2.05, 4.69) is 5.32 Å². The third kappa shape index (κ3) is 3.67. The number of sulfonamides is 1. The van der Waals surface area contributed by atoms with E-state index in [1.54, 1.807) is 36.4 Å². The van der Waals surface area contributed by atoms with Gasteiger partial charge in [0.2, 0.25) is 10.0 Å². The van der Waals surface area contributed by atoms with Crippen molar-refractivity contribution >= 4 is 21.6 Å². The zero-order chi connectivity index (χ0) is 17.9. The molecule has 3 rings (SSSR count). The molecule has 1 amide bonds. The van der Waals surface area contributed by atoms with E-state index in [4.69, 9.17) is 4.74 Å². The predicted molar refractivity (Wildman–Crippen MR) is 95.4 cm³/mol. The Bertz CT molecular complexity index is 874. The first-order valence-corrected chi connectivity index (χ1v) is 9.51. The van der Waals surface area contributed by atoms with Crippen molar-refractivity contribution in [2.75, 3.05) is 25.5 Å². The molecule has 0 spiro atoms. The fraction of sp³-hybridized carbons (Fsp3) is 0.278. The molecule has 1 heterocycles. The van der Waals surface area contributed by atoms with Crippen LogP contribution in [0, 0.1) is 0 Å². The molecule has 0 bridgehead atoms. The molecule has 1 N–H and O–H groups in total. The highest BCUT2D eigenvalue weighted by molar-refractivity contribution is 7.89. The maximum Gasteiger partial charge on any atom is 0.255 e. The molecule has 7 heteroatoms. The van der Waals surface area contributed by atoms with Crippen LogP contribution in [0.1, 0.15) is 23.2 Å². The van der Waals surface area contributed by atoms with Crippen LogP contribution in [-0.2, 0) is 10.0 Å². The van der Waals surface area contributed by atoms with Crippen LogP contribution in [0.25, 0.3) is 0 Å². The summed E-state index contributed by atoms with van der Waals surface area (Å²) in [7, 11) is -2.03. The molecule has 2 aromatic carbocycles. The molecule has 1 fully saturated rings. The maximum absolute atomic E-state index is 12.6. The highest BCUT2D eigenvalue weighted by atomic mass is 32.2. The van der Waals surface area contributed by atoms with Crippen LogP contribution < -0.4 is 10.1 Å². The van der Waals surface area contributed by atoms with E-state index >= 15 is 0 Å². The molecule has 1 aliphatic heterocycles. The highest BCUT2D eigenvalue weighted by Gasteiger charge is 2.27. The standard InChI is InChI=1S/C18H20N2O4S/c1-24-17-10-3-2-9-16(17)19-18(21)14-7-6-8-15(13-14)25(22,23)20-11-4-5-12-20/h2-3,6-10,13H,4-5,11-12H2,1H3,(H,19,21). The van der Waals surface area contributed by atoms with Gasteiger partial charge in [-0.05, 0) is 43.2 Å². The molecule has 0 radical (unpaired) electrons. The summed E-state index contributed by atoms with van der Waals surface area (Å²) >= 11 is 0. The summed E-state index contributed by atoms with van der Waals surface area (Å²) in [5.41, 5.74) is 0.814. The summed E-state index contributed by atoms with van der Waals surface area (Å²) in [4.78, 5) is 12.6. The number of rotatable bonds is 5. The van der Waals surface area contributed by atoms with Crippen LogP contribution in [0.5, 0.6) is 5.75 Å². The monoisotopic (exact) mass is 360 g/mol. The van der Waals surface area contributed by atoms with Crippen LogP contribution in [0.3, 0.4) is 0 Å². The number of benzene rings is 2. The number of ether oxygens (including phenoxy) is 1. The molecule has 1 aliphatic rings. The Balaban J connectivity index is 1.85. The lowest BCUT2D eigenvalue weighted by Crippen LogP contribution is -2.28. The van der Waals surface area contributed by atoms with Gasteiger partial charge in [0.25, 0.3) is 5.91 Å². The Kier molecular flexibility index (Phi) is 5.06. The van der Waals surface area contributed by atoms with Crippen molar-refractivity contribution in [1.29, 1.82) is 0 Å². The van der Waals surface area contributed by atoms with Gasteiger partial charge < -0.3 is 10.1 Å². The van der Waals surface area contributed by atoms with E-state index in [0.717, 1.165) is 12.8 Å². The van der Waals surface area contributed by atoms with Crippen molar-refractivity contribution in [1.82, 2.24) is 4.31 Å². The molecule has 25 heavy (non-hydrogen) atoms. The van der Waals surface area contributed by atoms with Crippen molar-refractivity contribution in [3.05, 3.63) is 54.1 Å². The minimum absolute atomic E-state index is 0.141. The second-order valence-electron chi connectivity index (χ2n) is 5.79. The third-order valence-corrected chi connectivity index (χ3v) is 6.05. The van der Waals surface area contributed by atoms with Crippen molar-refractivity contribution in [3.63, 3.8) is 0 Å². The number of para-hydroxylation sites is 2. The summed E-state index contributed by atoms with van der Waals surface area (Å²) in [6.45, 7) is 1.06. The SMILES string of the molecule is COc1ccccc1NC(=O)c1cccc(S(=O)(=O)N2CCCC2)c1. The van der Waals surface area contributed by atoms with Crippen LogP contribution in [0.15, 0.2) is 53.4 Å². The zero-order valence-corrected chi connectivity index (χ0v) is 14.8. The number of hydrogen-bond acceptors (Lipinski definition) is 4. The van der Waals surface area contributed by atoms with Gasteiger partial charge in [-0.2, -0.15) is 4.31 Å². The summed E-state index contributed by atoms with van der Waals surface area (Å²) in [5.74, 6) is 0.152. The molecule has 6 nitrogen and oxygen atoms in total. The molecule has 0 atom stereocenters. The van der Waals surface area contributed by atoms with Gasteiger partial charge in [0.05, 0.1) is 17.7 Å². The molecular formula is C18H20N2O4S. The predicted octanol–water partition coefficient (Wildman–Crippen LogP) is 2.73. The Hall–Kier alpha value is -2.38. The first-order valence-electron chi connectivity index (χ1n) is 8.07. The van der Waals surface area contributed by atoms with Crippen LogP contribution in [0.2, 0.25) is 0 Å². The fourth-order valence-electron chi connectivity index (χ4n) is 2.82. The van der Waals surface area contributed by atoms with Gasteiger partial charge in [-0.3, -0.25) is 4.79 Å². The molecule has 0 aromatic heterocycles. The summed E-state index contributed by atoms with van der Waals surface area (Å²) in [6.07, 6.45) is 1.74. The summed E-state index contributed by atoms with van der Waals surface area (Å²) in [5, 5.41) is 2.75. The van der Waals surface area contributed by atoms with Crippen LogP contribution in [-0.4, -0.2) is 38.8 Å². The van der Waals surface area contributed by atoms with Crippen molar-refractivity contribution in [2.24, 2.45) is 0 Å². The van der Waals surface area contributed by atoms with Crippen molar-refractivity contribution in [3.8, 4) is 5.75 Å². The van der Waals surface area contributed by atoms with Gasteiger partial charge >= 0.3 is 0 Å². The number of amides is 1. The Morgan fingerprint density at radius 2 is 1.80 bits per heavy atom. The lowest BCUT2D eigenvalue weighted by molar-refractivity contribution is 0.102. The minimum atomic E-state index is -3.55. The van der Waals surface area contributed by atoms with Crippen molar-refractivity contribution in [2.45, 2.75) is 17.7 Å².